The molecule has 1 aromatic rings. The summed E-state index contributed by atoms with van der Waals surface area (Å²) in [5.74, 6) is -1.16. The van der Waals surface area contributed by atoms with Gasteiger partial charge in [-0.05, 0) is 44.4 Å². The molecule has 0 N–H and O–H groups in total. The van der Waals surface area contributed by atoms with Crippen LogP contribution in [0.15, 0.2) is 29.4 Å². The van der Waals surface area contributed by atoms with Gasteiger partial charge in [0.25, 0.3) is 0 Å². The Morgan fingerprint density at radius 2 is 1.74 bits per heavy atom. The van der Waals surface area contributed by atoms with Gasteiger partial charge in [-0.15, -0.1) is 0 Å². The van der Waals surface area contributed by atoms with Gasteiger partial charge in [-0.25, -0.2) is 18.0 Å². The zero-order valence-electron chi connectivity index (χ0n) is 20.6. The first kappa shape index (κ1) is 29.9. The van der Waals surface area contributed by atoms with Crippen LogP contribution < -0.4 is 0 Å². The monoisotopic (exact) mass is 512 g/mol. The Balaban J connectivity index is 2.67. The Morgan fingerprint density at radius 3 is 2.29 bits per heavy atom. The van der Waals surface area contributed by atoms with Crippen molar-refractivity contribution >= 4 is 27.7 Å². The van der Waals surface area contributed by atoms with Crippen molar-refractivity contribution in [2.24, 2.45) is 5.11 Å². The molecule has 1 amide bonds. The molecule has 0 aromatic heterocycles. The van der Waals surface area contributed by atoms with E-state index in [1.54, 1.807) is 45.0 Å². The first-order chi connectivity index (χ1) is 16.2. The van der Waals surface area contributed by atoms with Crippen molar-refractivity contribution in [1.29, 1.82) is 0 Å². The first-order valence-electron chi connectivity index (χ1n) is 10.7. The maximum Gasteiger partial charge on any atom is 0.411 e. The molecule has 12 nitrogen and oxygen atoms in total. The minimum Gasteiger partial charge on any atom is -0.458 e. The number of carbonyl (C=O) groups is 3. The molecule has 0 bridgehead atoms. The molecule has 0 radical (unpaired) electrons. The Morgan fingerprint density at radius 1 is 1.14 bits per heavy atom. The lowest BCUT2D eigenvalue weighted by atomic mass is 10.0. The highest BCUT2D eigenvalue weighted by Crippen LogP contribution is 2.10. The molecule has 194 valence electrons. The summed E-state index contributed by atoms with van der Waals surface area (Å²) in [5.41, 5.74) is 9.07. The highest BCUT2D eigenvalue weighted by Gasteiger charge is 2.20. The molecule has 0 fully saturated rings. The molecule has 1 aromatic carbocycles. The third kappa shape index (κ3) is 13.4. The van der Waals surface area contributed by atoms with Gasteiger partial charge in [0.2, 0.25) is 0 Å². The van der Waals surface area contributed by atoms with Crippen LogP contribution in [0.5, 0.6) is 0 Å². The molecule has 0 unspecified atom stereocenters. The second-order valence-corrected chi connectivity index (χ2v) is 11.1. The van der Waals surface area contributed by atoms with Crippen LogP contribution in [-0.2, 0) is 46.7 Å². The van der Waals surface area contributed by atoms with Crippen LogP contribution in [0.2, 0.25) is 0 Å². The number of ketones is 1. The molecule has 0 aliphatic rings. The lowest BCUT2D eigenvalue weighted by Gasteiger charge is -2.23. The average Bonchev–Trinajstić information content (AvgIpc) is 2.73. The van der Waals surface area contributed by atoms with E-state index in [-0.39, 0.29) is 37.8 Å². The van der Waals surface area contributed by atoms with Gasteiger partial charge in [-0.1, -0.05) is 29.4 Å². The fourth-order valence-electron chi connectivity index (χ4n) is 2.58. The van der Waals surface area contributed by atoms with Gasteiger partial charge in [0.15, 0.2) is 0 Å². The molecular weight excluding hydrogens is 480 g/mol. The standard InChI is InChI=1S/C22H32N4O8S/c1-16(24-25-23)19(27)12-17-6-8-18(9-7-17)13-33-21(29)26(10-11-35(5,30)31)15-32-14-20(28)34-22(2,3)4/h6-9,16H,10-15H2,1-5H3/t16-/m0/s1. The number of hydrogen-bond acceptors (Lipinski definition) is 9. The van der Waals surface area contributed by atoms with E-state index >= 15 is 0 Å². The van der Waals surface area contributed by atoms with Gasteiger partial charge in [0.05, 0.1) is 11.8 Å². The van der Waals surface area contributed by atoms with Crippen LogP contribution >= 0.6 is 0 Å². The molecule has 0 saturated heterocycles. The minimum atomic E-state index is -3.36. The summed E-state index contributed by atoms with van der Waals surface area (Å²) < 4.78 is 38.6. The summed E-state index contributed by atoms with van der Waals surface area (Å²) in [5, 5.41) is 3.38. The van der Waals surface area contributed by atoms with Gasteiger partial charge >= 0.3 is 12.1 Å². The van der Waals surface area contributed by atoms with Crippen molar-refractivity contribution in [1.82, 2.24) is 4.90 Å². The number of sulfone groups is 1. The summed E-state index contributed by atoms with van der Waals surface area (Å²) in [6, 6.07) is 5.96. The molecule has 1 atom stereocenters. The van der Waals surface area contributed by atoms with Gasteiger partial charge in [-0.2, -0.15) is 0 Å². The number of nitrogens with zero attached hydrogens (tertiary/aromatic N) is 4. The SMILES string of the molecule is C[C@H](N=[N+]=[N-])C(=O)Cc1ccc(COC(=O)N(CCS(C)(=O)=O)COCC(=O)OC(C)(C)C)cc1. The number of esters is 1. The minimum absolute atomic E-state index is 0.0918. The van der Waals surface area contributed by atoms with Crippen LogP contribution in [0.3, 0.4) is 0 Å². The van der Waals surface area contributed by atoms with E-state index in [9.17, 15) is 22.8 Å². The predicted octanol–water partition coefficient (Wildman–Crippen LogP) is 2.80. The Hall–Kier alpha value is -3.15. The first-order valence-corrected chi connectivity index (χ1v) is 12.8. The number of azide groups is 1. The smallest absolute Gasteiger partial charge is 0.411 e. The van der Waals surface area contributed by atoms with Crippen molar-refractivity contribution < 1.29 is 37.0 Å². The van der Waals surface area contributed by atoms with Crippen LogP contribution in [0, 0.1) is 0 Å². The number of amides is 1. The quantitative estimate of drug-likeness (QED) is 0.128. The lowest BCUT2D eigenvalue weighted by molar-refractivity contribution is -0.161. The zero-order valence-corrected chi connectivity index (χ0v) is 21.4. The van der Waals surface area contributed by atoms with E-state index in [2.05, 4.69) is 10.0 Å². The second-order valence-electron chi connectivity index (χ2n) is 8.85. The number of Topliss-reactive ketones (excluding diaryl/α,β-unsaturated/α-hetero) is 1. The molecule has 0 aliphatic heterocycles. The molecule has 0 saturated carbocycles. The highest BCUT2D eigenvalue weighted by molar-refractivity contribution is 7.90. The second kappa shape index (κ2) is 13.7. The normalized spacial score (nSPS) is 12.3. The molecule has 0 spiro atoms. The predicted molar refractivity (Wildman–Crippen MR) is 127 cm³/mol. The van der Waals surface area contributed by atoms with Crippen LogP contribution in [0.4, 0.5) is 4.79 Å². The number of rotatable bonds is 13. The number of hydrogen-bond donors (Lipinski definition) is 0. The largest absolute Gasteiger partial charge is 0.458 e. The summed E-state index contributed by atoms with van der Waals surface area (Å²) >= 11 is 0. The third-order valence-electron chi connectivity index (χ3n) is 4.33. The Labute approximate surface area is 205 Å². The summed E-state index contributed by atoms with van der Waals surface area (Å²) in [6.07, 6.45) is 0.312. The van der Waals surface area contributed by atoms with Crippen LogP contribution in [-0.4, -0.2) is 74.7 Å². The summed E-state index contributed by atoms with van der Waals surface area (Å²) in [6.45, 7) is 5.55. The van der Waals surface area contributed by atoms with Crippen molar-refractivity contribution in [3.05, 3.63) is 45.8 Å². The fourth-order valence-corrected chi connectivity index (χ4v) is 3.13. The molecular formula is C22H32N4O8S. The number of ether oxygens (including phenoxy) is 3. The number of carbonyl (C=O) groups excluding carboxylic acids is 3. The Bertz CT molecular complexity index is 1030. The van der Waals surface area contributed by atoms with Gasteiger partial charge in [-0.3, -0.25) is 9.69 Å². The number of benzene rings is 1. The van der Waals surface area contributed by atoms with Gasteiger partial charge in [0.1, 0.15) is 41.2 Å². The van der Waals surface area contributed by atoms with E-state index in [1.807, 2.05) is 0 Å². The molecule has 0 heterocycles. The highest BCUT2D eigenvalue weighted by atomic mass is 32.2. The topological polar surface area (TPSA) is 165 Å². The Kier molecular flexibility index (Phi) is 11.7. The zero-order chi connectivity index (χ0) is 26.6. The molecule has 13 heteroatoms. The van der Waals surface area contributed by atoms with Gasteiger partial charge < -0.3 is 14.2 Å². The van der Waals surface area contributed by atoms with Crippen molar-refractivity contribution in [3.8, 4) is 0 Å². The fraction of sp³-hybridized carbons (Fsp3) is 0.591. The molecule has 0 aliphatic carbocycles. The van der Waals surface area contributed by atoms with Gasteiger partial charge in [0, 0.05) is 24.1 Å². The third-order valence-corrected chi connectivity index (χ3v) is 5.26. The maximum absolute atomic E-state index is 12.5. The van der Waals surface area contributed by atoms with E-state index in [1.165, 1.54) is 6.92 Å². The van der Waals surface area contributed by atoms with E-state index in [0.29, 0.717) is 11.1 Å². The van der Waals surface area contributed by atoms with E-state index < -0.39 is 40.1 Å². The van der Waals surface area contributed by atoms with E-state index in [0.717, 1.165) is 11.2 Å². The van der Waals surface area contributed by atoms with Crippen molar-refractivity contribution in [3.63, 3.8) is 0 Å². The average molecular weight is 513 g/mol. The lowest BCUT2D eigenvalue weighted by Crippen LogP contribution is -2.38. The van der Waals surface area contributed by atoms with Crippen LogP contribution in [0.25, 0.3) is 10.4 Å². The molecule has 35 heavy (non-hydrogen) atoms. The molecule has 1 rings (SSSR count). The van der Waals surface area contributed by atoms with Crippen LogP contribution in [0.1, 0.15) is 38.8 Å². The summed E-state index contributed by atoms with van der Waals surface area (Å²) in [4.78, 5) is 39.9. The van der Waals surface area contributed by atoms with Crippen molar-refractivity contribution in [2.45, 2.75) is 52.4 Å². The van der Waals surface area contributed by atoms with E-state index in [4.69, 9.17) is 19.7 Å². The summed E-state index contributed by atoms with van der Waals surface area (Å²) in [7, 11) is -3.36. The maximum atomic E-state index is 12.5. The van der Waals surface area contributed by atoms with Crippen molar-refractivity contribution in [2.75, 3.05) is 31.9 Å².